The van der Waals surface area contributed by atoms with E-state index in [4.69, 9.17) is 10.5 Å². The van der Waals surface area contributed by atoms with Crippen LogP contribution in [0.4, 0.5) is 0 Å². The molecule has 1 aromatic carbocycles. The molecule has 0 amide bonds. The van der Waals surface area contributed by atoms with Crippen molar-refractivity contribution in [3.63, 3.8) is 0 Å². The summed E-state index contributed by atoms with van der Waals surface area (Å²) in [5.74, 6) is 1.17. The first-order chi connectivity index (χ1) is 9.49. The van der Waals surface area contributed by atoms with E-state index in [1.54, 1.807) is 0 Å². The number of hydrogen-bond acceptors (Lipinski definition) is 5. The summed E-state index contributed by atoms with van der Waals surface area (Å²) >= 11 is 1.37. The largest absolute Gasteiger partial charge is 0.491 e. The van der Waals surface area contributed by atoms with Gasteiger partial charge in [-0.15, -0.1) is 5.10 Å². The summed E-state index contributed by atoms with van der Waals surface area (Å²) < 4.78 is 9.76. The fraction of sp³-hybridized carbons (Fsp3) is 0.467. The molecule has 20 heavy (non-hydrogen) atoms. The highest BCUT2D eigenvalue weighted by atomic mass is 32.1. The summed E-state index contributed by atoms with van der Waals surface area (Å²) in [4.78, 5) is 1.03. The van der Waals surface area contributed by atoms with Crippen molar-refractivity contribution in [3.8, 4) is 5.75 Å². The summed E-state index contributed by atoms with van der Waals surface area (Å²) in [7, 11) is 0. The predicted molar refractivity (Wildman–Crippen MR) is 82.2 cm³/mol. The van der Waals surface area contributed by atoms with Gasteiger partial charge in [0.15, 0.2) is 0 Å². The van der Waals surface area contributed by atoms with Gasteiger partial charge in [-0.05, 0) is 49.0 Å². The highest BCUT2D eigenvalue weighted by Gasteiger charge is 2.19. The van der Waals surface area contributed by atoms with Gasteiger partial charge in [-0.3, -0.25) is 0 Å². The maximum atomic E-state index is 6.37. The molecule has 2 rings (SSSR count). The molecular formula is C15H21N3OS. The first-order valence-electron chi connectivity index (χ1n) is 6.83. The maximum Gasteiger partial charge on any atom is 0.120 e. The molecule has 0 aliphatic heterocycles. The Morgan fingerprint density at radius 3 is 2.60 bits per heavy atom. The Labute approximate surface area is 124 Å². The van der Waals surface area contributed by atoms with Gasteiger partial charge in [0.25, 0.3) is 0 Å². The monoisotopic (exact) mass is 291 g/mol. The van der Waals surface area contributed by atoms with Crippen LogP contribution in [0.3, 0.4) is 0 Å². The number of aromatic nitrogens is 2. The predicted octanol–water partition coefficient (Wildman–Crippen LogP) is 3.50. The van der Waals surface area contributed by atoms with Gasteiger partial charge < -0.3 is 10.5 Å². The van der Waals surface area contributed by atoms with E-state index in [0.717, 1.165) is 21.9 Å². The number of benzene rings is 1. The standard InChI is InChI=1S/C15H21N3OS/c1-9(2)14-15(20-18-17-14)13(16)11-6-5-7-12(8-11)19-10(3)4/h5-10,13H,16H2,1-4H3. The second-order valence-electron chi connectivity index (χ2n) is 5.39. The molecule has 2 aromatic rings. The molecule has 0 spiro atoms. The van der Waals surface area contributed by atoms with Crippen molar-refractivity contribution in [1.29, 1.82) is 0 Å². The average molecular weight is 291 g/mol. The van der Waals surface area contributed by atoms with E-state index in [1.165, 1.54) is 11.5 Å². The van der Waals surface area contributed by atoms with Crippen molar-refractivity contribution in [2.75, 3.05) is 0 Å². The third-order valence-corrected chi connectivity index (χ3v) is 3.78. The lowest BCUT2D eigenvalue weighted by Crippen LogP contribution is -2.13. The second-order valence-corrected chi connectivity index (χ2v) is 6.18. The van der Waals surface area contributed by atoms with Gasteiger partial charge in [0, 0.05) is 0 Å². The smallest absolute Gasteiger partial charge is 0.120 e. The molecule has 0 aliphatic rings. The van der Waals surface area contributed by atoms with E-state index in [0.29, 0.717) is 5.92 Å². The van der Waals surface area contributed by atoms with Crippen LogP contribution in [0.5, 0.6) is 5.75 Å². The van der Waals surface area contributed by atoms with E-state index >= 15 is 0 Å². The molecule has 5 heteroatoms. The lowest BCUT2D eigenvalue weighted by Gasteiger charge is -2.15. The number of nitrogens with zero attached hydrogens (tertiary/aromatic N) is 2. The molecule has 0 aliphatic carbocycles. The molecule has 0 saturated carbocycles. The van der Waals surface area contributed by atoms with Gasteiger partial charge in [0.2, 0.25) is 0 Å². The topological polar surface area (TPSA) is 61.0 Å². The molecule has 1 atom stereocenters. The molecule has 0 radical (unpaired) electrons. The Hall–Kier alpha value is -1.46. The van der Waals surface area contributed by atoms with Crippen LogP contribution in [0.2, 0.25) is 0 Å². The summed E-state index contributed by atoms with van der Waals surface area (Å²) in [5, 5.41) is 4.19. The van der Waals surface area contributed by atoms with Crippen molar-refractivity contribution in [2.45, 2.75) is 45.8 Å². The zero-order valence-electron chi connectivity index (χ0n) is 12.3. The third kappa shape index (κ3) is 3.35. The molecule has 0 saturated heterocycles. The highest BCUT2D eigenvalue weighted by molar-refractivity contribution is 7.05. The van der Waals surface area contributed by atoms with Crippen LogP contribution >= 0.6 is 11.5 Å². The molecule has 1 aromatic heterocycles. The molecule has 0 fully saturated rings. The Bertz CT molecular complexity index is 566. The summed E-state index contributed by atoms with van der Waals surface area (Å²) in [6.45, 7) is 8.23. The minimum Gasteiger partial charge on any atom is -0.491 e. The van der Waals surface area contributed by atoms with Crippen LogP contribution in [0.15, 0.2) is 24.3 Å². The van der Waals surface area contributed by atoms with Crippen molar-refractivity contribution in [2.24, 2.45) is 5.73 Å². The molecule has 4 nitrogen and oxygen atoms in total. The molecular weight excluding hydrogens is 270 g/mol. The lowest BCUT2D eigenvalue weighted by atomic mass is 10.0. The normalized spacial score (nSPS) is 12.9. The first kappa shape index (κ1) is 14.9. The van der Waals surface area contributed by atoms with Gasteiger partial charge in [-0.1, -0.05) is 30.5 Å². The van der Waals surface area contributed by atoms with E-state index in [1.807, 2.05) is 38.1 Å². The van der Waals surface area contributed by atoms with Crippen molar-refractivity contribution in [3.05, 3.63) is 40.4 Å². The maximum absolute atomic E-state index is 6.37. The van der Waals surface area contributed by atoms with Gasteiger partial charge >= 0.3 is 0 Å². The first-order valence-corrected chi connectivity index (χ1v) is 7.60. The van der Waals surface area contributed by atoms with Gasteiger partial charge in [-0.2, -0.15) is 0 Å². The minimum atomic E-state index is -0.205. The second kappa shape index (κ2) is 6.33. The van der Waals surface area contributed by atoms with Gasteiger partial charge in [0.1, 0.15) is 5.75 Å². The Balaban J connectivity index is 2.28. The van der Waals surface area contributed by atoms with Gasteiger partial charge in [0.05, 0.1) is 22.7 Å². The van der Waals surface area contributed by atoms with Crippen LogP contribution in [-0.4, -0.2) is 15.7 Å². The average Bonchev–Trinajstić information content (AvgIpc) is 2.86. The SMILES string of the molecule is CC(C)Oc1cccc(C(N)c2snnc2C(C)C)c1. The van der Waals surface area contributed by atoms with Crippen LogP contribution in [0.25, 0.3) is 0 Å². The minimum absolute atomic E-state index is 0.151. The molecule has 2 N–H and O–H groups in total. The Morgan fingerprint density at radius 1 is 1.20 bits per heavy atom. The summed E-state index contributed by atoms with van der Waals surface area (Å²) in [6.07, 6.45) is 0.151. The Morgan fingerprint density at radius 2 is 1.95 bits per heavy atom. The van der Waals surface area contributed by atoms with E-state index in [9.17, 15) is 0 Å². The van der Waals surface area contributed by atoms with E-state index < -0.39 is 0 Å². The summed E-state index contributed by atoms with van der Waals surface area (Å²) in [5.41, 5.74) is 8.38. The quantitative estimate of drug-likeness (QED) is 0.916. The Kier molecular flexibility index (Phi) is 4.73. The molecule has 0 bridgehead atoms. The van der Waals surface area contributed by atoms with Crippen molar-refractivity contribution in [1.82, 2.24) is 9.59 Å². The number of nitrogens with two attached hydrogens (primary N) is 1. The van der Waals surface area contributed by atoms with Crippen molar-refractivity contribution >= 4 is 11.5 Å². The number of rotatable bonds is 5. The molecule has 108 valence electrons. The lowest BCUT2D eigenvalue weighted by molar-refractivity contribution is 0.242. The third-order valence-electron chi connectivity index (χ3n) is 2.96. The van der Waals surface area contributed by atoms with E-state index in [-0.39, 0.29) is 12.1 Å². The highest BCUT2D eigenvalue weighted by Crippen LogP contribution is 2.30. The zero-order chi connectivity index (χ0) is 14.7. The van der Waals surface area contributed by atoms with E-state index in [2.05, 4.69) is 23.4 Å². The van der Waals surface area contributed by atoms with Crippen LogP contribution < -0.4 is 10.5 Å². The van der Waals surface area contributed by atoms with Crippen molar-refractivity contribution < 1.29 is 4.74 Å². The fourth-order valence-electron chi connectivity index (χ4n) is 2.03. The summed E-state index contributed by atoms with van der Waals surface area (Å²) in [6, 6.07) is 7.72. The van der Waals surface area contributed by atoms with Crippen LogP contribution in [-0.2, 0) is 0 Å². The fourth-order valence-corrected chi connectivity index (χ4v) is 2.86. The molecule has 1 heterocycles. The number of ether oxygens (including phenoxy) is 1. The van der Waals surface area contributed by atoms with Gasteiger partial charge in [-0.25, -0.2) is 0 Å². The molecule has 1 unspecified atom stereocenters. The van der Waals surface area contributed by atoms with Crippen LogP contribution in [0, 0.1) is 0 Å². The number of hydrogen-bond donors (Lipinski definition) is 1. The zero-order valence-corrected chi connectivity index (χ0v) is 13.1. The van der Waals surface area contributed by atoms with Crippen LogP contribution in [0.1, 0.15) is 55.8 Å².